The number of nitrogen functional groups attached to an aromatic ring is 1. The minimum Gasteiger partial charge on any atom is -0.394 e. The number of hydrogen-bond donors (Lipinski definition) is 2. The lowest BCUT2D eigenvalue weighted by Crippen LogP contribution is -2.27. The number of fused-ring (bicyclic) bond motifs is 2. The van der Waals surface area contributed by atoms with Crippen LogP contribution in [-0.2, 0) is 13.5 Å². The standard InChI is InChI=1S/C13H22N4/c1-3-10-12(14)13(17(2)16-10)15-11-7-8-4-5-9(11)6-8/h8-9,11,15H,3-7,14H2,1-2H3. The fraction of sp³-hybridized carbons (Fsp3) is 0.769. The van der Waals surface area contributed by atoms with E-state index in [1.165, 1.54) is 25.7 Å². The molecular weight excluding hydrogens is 212 g/mol. The third kappa shape index (κ3) is 1.70. The number of nitrogens with two attached hydrogens (primary N) is 1. The molecule has 4 nitrogen and oxygen atoms in total. The fourth-order valence-electron chi connectivity index (χ4n) is 3.63. The van der Waals surface area contributed by atoms with Gasteiger partial charge in [-0.3, -0.25) is 4.68 Å². The van der Waals surface area contributed by atoms with Crippen LogP contribution in [0.3, 0.4) is 0 Å². The highest BCUT2D eigenvalue weighted by molar-refractivity contribution is 5.65. The molecule has 94 valence electrons. The molecule has 1 aromatic rings. The number of hydrogen-bond acceptors (Lipinski definition) is 3. The monoisotopic (exact) mass is 234 g/mol. The van der Waals surface area contributed by atoms with Crippen LogP contribution in [-0.4, -0.2) is 15.8 Å². The predicted octanol–water partition coefficient (Wildman–Crippen LogP) is 2.17. The summed E-state index contributed by atoms with van der Waals surface area (Å²) in [5.74, 6) is 2.84. The summed E-state index contributed by atoms with van der Waals surface area (Å²) in [6.45, 7) is 2.10. The van der Waals surface area contributed by atoms with E-state index in [1.54, 1.807) is 0 Å². The molecule has 2 fully saturated rings. The number of anilines is 2. The zero-order valence-electron chi connectivity index (χ0n) is 10.7. The van der Waals surface area contributed by atoms with Gasteiger partial charge in [0.05, 0.1) is 11.4 Å². The first-order valence-electron chi connectivity index (χ1n) is 6.77. The van der Waals surface area contributed by atoms with E-state index in [9.17, 15) is 0 Å². The molecule has 0 saturated heterocycles. The molecule has 1 heterocycles. The first-order chi connectivity index (χ1) is 8.19. The molecule has 2 saturated carbocycles. The minimum atomic E-state index is 0.621. The Morgan fingerprint density at radius 1 is 1.41 bits per heavy atom. The number of aromatic nitrogens is 2. The molecule has 0 aliphatic heterocycles. The Hall–Kier alpha value is -1.19. The summed E-state index contributed by atoms with van der Waals surface area (Å²) in [5.41, 5.74) is 8.00. The number of nitrogens with one attached hydrogen (secondary N) is 1. The van der Waals surface area contributed by atoms with Crippen molar-refractivity contribution in [2.24, 2.45) is 18.9 Å². The van der Waals surface area contributed by atoms with Gasteiger partial charge in [-0.15, -0.1) is 0 Å². The minimum absolute atomic E-state index is 0.621. The van der Waals surface area contributed by atoms with Gasteiger partial charge in [0.25, 0.3) is 0 Å². The van der Waals surface area contributed by atoms with Crippen molar-refractivity contribution in [3.63, 3.8) is 0 Å². The molecular formula is C13H22N4. The summed E-state index contributed by atoms with van der Waals surface area (Å²) < 4.78 is 1.90. The van der Waals surface area contributed by atoms with Crippen LogP contribution in [0, 0.1) is 11.8 Å². The number of aryl methyl sites for hydroxylation is 2. The number of nitrogens with zero attached hydrogens (tertiary/aromatic N) is 2. The van der Waals surface area contributed by atoms with Crippen LogP contribution in [0.25, 0.3) is 0 Å². The summed E-state index contributed by atoms with van der Waals surface area (Å²) in [7, 11) is 1.98. The van der Waals surface area contributed by atoms with E-state index in [-0.39, 0.29) is 0 Å². The van der Waals surface area contributed by atoms with Crippen molar-refractivity contribution in [1.82, 2.24) is 9.78 Å². The second kappa shape index (κ2) is 3.93. The van der Waals surface area contributed by atoms with Gasteiger partial charge in [0.15, 0.2) is 0 Å². The highest BCUT2D eigenvalue weighted by Gasteiger charge is 2.39. The van der Waals surface area contributed by atoms with Crippen LogP contribution >= 0.6 is 0 Å². The summed E-state index contributed by atoms with van der Waals surface area (Å²) >= 11 is 0. The Kier molecular flexibility index (Phi) is 2.53. The Morgan fingerprint density at radius 2 is 2.24 bits per heavy atom. The largest absolute Gasteiger partial charge is 0.394 e. The van der Waals surface area contributed by atoms with Gasteiger partial charge < -0.3 is 11.1 Å². The first kappa shape index (κ1) is 10.9. The Labute approximate surface area is 103 Å². The van der Waals surface area contributed by atoms with Crippen LogP contribution in [0.2, 0.25) is 0 Å². The fourth-order valence-corrected chi connectivity index (χ4v) is 3.63. The molecule has 3 rings (SSSR count). The Morgan fingerprint density at radius 3 is 2.76 bits per heavy atom. The molecule has 0 aromatic carbocycles. The maximum atomic E-state index is 6.15. The van der Waals surface area contributed by atoms with Gasteiger partial charge in [-0.05, 0) is 37.5 Å². The van der Waals surface area contributed by atoms with E-state index in [1.807, 2.05) is 11.7 Å². The lowest BCUT2D eigenvalue weighted by atomic mass is 9.95. The topological polar surface area (TPSA) is 55.9 Å². The van der Waals surface area contributed by atoms with Crippen molar-refractivity contribution in [2.45, 2.75) is 45.1 Å². The average molecular weight is 234 g/mol. The quantitative estimate of drug-likeness (QED) is 0.842. The summed E-state index contributed by atoms with van der Waals surface area (Å²) in [6, 6.07) is 0.621. The van der Waals surface area contributed by atoms with Gasteiger partial charge in [0.2, 0.25) is 0 Å². The molecule has 3 N–H and O–H groups in total. The predicted molar refractivity (Wildman–Crippen MR) is 69.9 cm³/mol. The van der Waals surface area contributed by atoms with Crippen LogP contribution in [0.15, 0.2) is 0 Å². The molecule has 2 aliphatic carbocycles. The van der Waals surface area contributed by atoms with Crippen LogP contribution < -0.4 is 11.1 Å². The average Bonchev–Trinajstić information content (AvgIpc) is 2.98. The smallest absolute Gasteiger partial charge is 0.148 e. The number of rotatable bonds is 3. The molecule has 0 amide bonds. The molecule has 17 heavy (non-hydrogen) atoms. The highest BCUT2D eigenvalue weighted by Crippen LogP contribution is 2.45. The highest BCUT2D eigenvalue weighted by atomic mass is 15.3. The Balaban J connectivity index is 1.79. The second-order valence-corrected chi connectivity index (χ2v) is 5.61. The third-order valence-electron chi connectivity index (χ3n) is 4.56. The second-order valence-electron chi connectivity index (χ2n) is 5.61. The zero-order valence-corrected chi connectivity index (χ0v) is 10.7. The van der Waals surface area contributed by atoms with E-state index >= 15 is 0 Å². The van der Waals surface area contributed by atoms with E-state index in [4.69, 9.17) is 5.73 Å². The van der Waals surface area contributed by atoms with E-state index in [2.05, 4.69) is 17.3 Å². The van der Waals surface area contributed by atoms with Crippen LogP contribution in [0.1, 0.15) is 38.3 Å². The molecule has 0 radical (unpaired) electrons. The zero-order chi connectivity index (χ0) is 12.0. The van der Waals surface area contributed by atoms with Crippen molar-refractivity contribution < 1.29 is 0 Å². The van der Waals surface area contributed by atoms with Crippen LogP contribution in [0.4, 0.5) is 11.5 Å². The lowest BCUT2D eigenvalue weighted by Gasteiger charge is -2.24. The molecule has 1 aromatic heterocycles. The molecule has 3 atom stereocenters. The Bertz CT molecular complexity index is 423. The van der Waals surface area contributed by atoms with E-state index < -0.39 is 0 Å². The van der Waals surface area contributed by atoms with E-state index in [0.717, 1.165) is 35.5 Å². The molecule has 2 bridgehead atoms. The third-order valence-corrected chi connectivity index (χ3v) is 4.56. The maximum absolute atomic E-state index is 6.15. The van der Waals surface area contributed by atoms with Crippen LogP contribution in [0.5, 0.6) is 0 Å². The van der Waals surface area contributed by atoms with E-state index in [0.29, 0.717) is 6.04 Å². The van der Waals surface area contributed by atoms with Crippen molar-refractivity contribution in [2.75, 3.05) is 11.1 Å². The van der Waals surface area contributed by atoms with Crippen molar-refractivity contribution in [3.05, 3.63) is 5.69 Å². The molecule has 0 spiro atoms. The maximum Gasteiger partial charge on any atom is 0.148 e. The summed E-state index contributed by atoms with van der Waals surface area (Å²) in [6.07, 6.45) is 6.45. The van der Waals surface area contributed by atoms with Crippen molar-refractivity contribution >= 4 is 11.5 Å². The van der Waals surface area contributed by atoms with Gasteiger partial charge >= 0.3 is 0 Å². The van der Waals surface area contributed by atoms with Gasteiger partial charge in [0.1, 0.15) is 5.82 Å². The molecule has 2 aliphatic rings. The first-order valence-corrected chi connectivity index (χ1v) is 6.77. The summed E-state index contributed by atoms with van der Waals surface area (Å²) in [5, 5.41) is 8.10. The van der Waals surface area contributed by atoms with Gasteiger partial charge in [-0.25, -0.2) is 0 Å². The van der Waals surface area contributed by atoms with Crippen molar-refractivity contribution in [1.29, 1.82) is 0 Å². The van der Waals surface area contributed by atoms with Gasteiger partial charge in [0, 0.05) is 13.1 Å². The molecule has 4 heteroatoms. The summed E-state index contributed by atoms with van der Waals surface area (Å²) in [4.78, 5) is 0. The van der Waals surface area contributed by atoms with Crippen molar-refractivity contribution in [3.8, 4) is 0 Å². The lowest BCUT2D eigenvalue weighted by molar-refractivity contribution is 0.437. The van der Waals surface area contributed by atoms with Gasteiger partial charge in [-0.1, -0.05) is 13.3 Å². The normalized spacial score (nSPS) is 31.1. The SMILES string of the molecule is CCc1nn(C)c(NC2CC3CCC2C3)c1N. The molecule has 3 unspecified atom stereocenters. The van der Waals surface area contributed by atoms with Gasteiger partial charge in [-0.2, -0.15) is 5.10 Å².